The van der Waals surface area contributed by atoms with Crippen LogP contribution in [0, 0.1) is 0 Å². The summed E-state index contributed by atoms with van der Waals surface area (Å²) in [5.74, 6) is 1.77. The van der Waals surface area contributed by atoms with Gasteiger partial charge >= 0.3 is 0 Å². The molecule has 2 aromatic carbocycles. The van der Waals surface area contributed by atoms with Crippen LogP contribution in [-0.4, -0.2) is 28.1 Å². The van der Waals surface area contributed by atoms with E-state index in [0.717, 1.165) is 30.1 Å². The molecule has 1 aromatic heterocycles. The molecule has 122 valence electrons. The molecule has 2 heterocycles. The van der Waals surface area contributed by atoms with E-state index in [9.17, 15) is 0 Å². The van der Waals surface area contributed by atoms with Crippen molar-refractivity contribution < 1.29 is 4.52 Å². The number of rotatable bonds is 4. The number of halogens is 1. The van der Waals surface area contributed by atoms with Gasteiger partial charge in [0.1, 0.15) is 0 Å². The average Bonchev–Trinajstić information content (AvgIpc) is 3.26. The molecule has 0 aliphatic carbocycles. The lowest BCUT2D eigenvalue weighted by molar-refractivity contribution is 0.265. The van der Waals surface area contributed by atoms with Crippen LogP contribution in [0.15, 0.2) is 59.1 Å². The molecule has 0 N–H and O–H groups in total. The van der Waals surface area contributed by atoms with Crippen LogP contribution in [0.4, 0.5) is 0 Å². The molecule has 0 unspecified atom stereocenters. The van der Waals surface area contributed by atoms with Gasteiger partial charge in [-0.05, 0) is 30.5 Å². The lowest BCUT2D eigenvalue weighted by atomic mass is 9.98. The Kier molecular flexibility index (Phi) is 4.32. The molecule has 0 spiro atoms. The van der Waals surface area contributed by atoms with E-state index in [1.54, 1.807) is 0 Å². The Balaban J connectivity index is 1.42. The Bertz CT molecular complexity index is 818. The molecule has 24 heavy (non-hydrogen) atoms. The third kappa shape index (κ3) is 3.21. The number of aromatic nitrogens is 2. The van der Waals surface area contributed by atoms with Gasteiger partial charge in [-0.15, -0.1) is 0 Å². The monoisotopic (exact) mass is 339 g/mol. The second-order valence-electron chi connectivity index (χ2n) is 6.12. The summed E-state index contributed by atoms with van der Waals surface area (Å²) < 4.78 is 5.42. The molecule has 3 aromatic rings. The fraction of sp³-hybridized carbons (Fsp3) is 0.263. The van der Waals surface area contributed by atoms with E-state index in [1.165, 1.54) is 5.56 Å². The van der Waals surface area contributed by atoms with Crippen LogP contribution in [-0.2, 0) is 6.54 Å². The molecule has 1 aliphatic rings. The van der Waals surface area contributed by atoms with E-state index >= 15 is 0 Å². The van der Waals surface area contributed by atoms with Gasteiger partial charge in [-0.25, -0.2) is 0 Å². The molecule has 0 bridgehead atoms. The number of hydrogen-bond donors (Lipinski definition) is 0. The summed E-state index contributed by atoms with van der Waals surface area (Å²) in [5.41, 5.74) is 2.21. The van der Waals surface area contributed by atoms with E-state index in [2.05, 4.69) is 21.1 Å². The van der Waals surface area contributed by atoms with Crippen molar-refractivity contribution in [1.82, 2.24) is 15.0 Å². The molecule has 1 aliphatic heterocycles. The molecule has 4 rings (SSSR count). The van der Waals surface area contributed by atoms with Gasteiger partial charge in [0.25, 0.3) is 0 Å². The van der Waals surface area contributed by atoms with Crippen LogP contribution in [0.5, 0.6) is 0 Å². The van der Waals surface area contributed by atoms with Crippen LogP contribution in [0.1, 0.15) is 23.8 Å². The van der Waals surface area contributed by atoms with Gasteiger partial charge in [0.2, 0.25) is 11.7 Å². The highest BCUT2D eigenvalue weighted by molar-refractivity contribution is 6.31. The normalized spacial score (nSPS) is 18.1. The number of benzene rings is 2. The maximum atomic E-state index is 6.32. The molecule has 5 heteroatoms. The van der Waals surface area contributed by atoms with Crippen molar-refractivity contribution in [3.05, 3.63) is 71.1 Å². The summed E-state index contributed by atoms with van der Waals surface area (Å²) >= 11 is 6.32. The summed E-state index contributed by atoms with van der Waals surface area (Å²) in [7, 11) is 0. The van der Waals surface area contributed by atoms with Gasteiger partial charge in [-0.2, -0.15) is 4.98 Å². The largest absolute Gasteiger partial charge is 0.338 e. The predicted octanol–water partition coefficient (Wildman–Crippen LogP) is 4.38. The first-order valence-corrected chi connectivity index (χ1v) is 8.52. The number of hydrogen-bond acceptors (Lipinski definition) is 4. The van der Waals surface area contributed by atoms with E-state index in [4.69, 9.17) is 16.1 Å². The zero-order chi connectivity index (χ0) is 16.4. The summed E-state index contributed by atoms with van der Waals surface area (Å²) in [5, 5.41) is 4.94. The minimum atomic E-state index is 0.468. The third-order valence-electron chi connectivity index (χ3n) is 4.48. The van der Waals surface area contributed by atoms with E-state index in [1.807, 2.05) is 48.5 Å². The Morgan fingerprint density at radius 2 is 1.88 bits per heavy atom. The summed E-state index contributed by atoms with van der Waals surface area (Å²) in [6.07, 6.45) is 1.10. The van der Waals surface area contributed by atoms with Crippen LogP contribution < -0.4 is 0 Å². The van der Waals surface area contributed by atoms with Crippen molar-refractivity contribution in [1.29, 1.82) is 0 Å². The zero-order valence-corrected chi connectivity index (χ0v) is 14.0. The number of likely N-dealkylation sites (tertiary alicyclic amines) is 1. The van der Waals surface area contributed by atoms with Crippen LogP contribution in [0.3, 0.4) is 0 Å². The lowest BCUT2D eigenvalue weighted by Crippen LogP contribution is -2.20. The van der Waals surface area contributed by atoms with Crippen LogP contribution in [0.25, 0.3) is 11.4 Å². The molecule has 0 amide bonds. The van der Waals surface area contributed by atoms with Gasteiger partial charge in [0.05, 0.1) is 6.54 Å². The summed E-state index contributed by atoms with van der Waals surface area (Å²) in [6.45, 7) is 2.66. The van der Waals surface area contributed by atoms with E-state index < -0.39 is 0 Å². The Morgan fingerprint density at radius 1 is 1.08 bits per heavy atom. The van der Waals surface area contributed by atoms with E-state index in [0.29, 0.717) is 24.2 Å². The standard InChI is InChI=1S/C19H18ClN3O/c20-17-9-5-4-8-16(17)15-10-11-23(12-15)13-18-21-19(22-24-18)14-6-2-1-3-7-14/h1-9,15H,10-13H2/t15-/m1/s1. The third-order valence-corrected chi connectivity index (χ3v) is 4.82. The SMILES string of the molecule is Clc1ccccc1[C@@H]1CCN(Cc2nc(-c3ccccc3)no2)C1. The highest BCUT2D eigenvalue weighted by Gasteiger charge is 2.26. The van der Waals surface area contributed by atoms with Crippen molar-refractivity contribution >= 4 is 11.6 Å². The summed E-state index contributed by atoms with van der Waals surface area (Å²) in [6, 6.07) is 18.0. The molecule has 0 saturated carbocycles. The van der Waals surface area contributed by atoms with Gasteiger partial charge in [-0.3, -0.25) is 4.90 Å². The van der Waals surface area contributed by atoms with Crippen molar-refractivity contribution in [3.63, 3.8) is 0 Å². The second kappa shape index (κ2) is 6.75. The first-order valence-electron chi connectivity index (χ1n) is 8.14. The first kappa shape index (κ1) is 15.4. The maximum Gasteiger partial charge on any atom is 0.241 e. The smallest absolute Gasteiger partial charge is 0.241 e. The van der Waals surface area contributed by atoms with Crippen molar-refractivity contribution in [2.45, 2.75) is 18.9 Å². The molecule has 1 saturated heterocycles. The summed E-state index contributed by atoms with van der Waals surface area (Å²) in [4.78, 5) is 6.86. The first-order chi connectivity index (χ1) is 11.8. The minimum absolute atomic E-state index is 0.468. The predicted molar refractivity (Wildman–Crippen MR) is 93.8 cm³/mol. The fourth-order valence-electron chi connectivity index (χ4n) is 3.25. The molecule has 4 nitrogen and oxygen atoms in total. The van der Waals surface area contributed by atoms with Gasteiger partial charge in [0, 0.05) is 17.1 Å². The molecule has 1 atom stereocenters. The van der Waals surface area contributed by atoms with E-state index in [-0.39, 0.29) is 0 Å². The highest BCUT2D eigenvalue weighted by atomic mass is 35.5. The topological polar surface area (TPSA) is 42.2 Å². The average molecular weight is 340 g/mol. The lowest BCUT2D eigenvalue weighted by Gasteiger charge is -2.14. The van der Waals surface area contributed by atoms with Crippen molar-refractivity contribution in [2.75, 3.05) is 13.1 Å². The van der Waals surface area contributed by atoms with Crippen LogP contribution in [0.2, 0.25) is 5.02 Å². The second-order valence-corrected chi connectivity index (χ2v) is 6.53. The highest BCUT2D eigenvalue weighted by Crippen LogP contribution is 2.32. The Morgan fingerprint density at radius 3 is 2.71 bits per heavy atom. The van der Waals surface area contributed by atoms with Crippen molar-refractivity contribution in [2.24, 2.45) is 0 Å². The molecular weight excluding hydrogens is 322 g/mol. The maximum absolute atomic E-state index is 6.32. The minimum Gasteiger partial charge on any atom is -0.338 e. The Hall–Kier alpha value is -2.17. The van der Waals surface area contributed by atoms with Gasteiger partial charge in [0.15, 0.2) is 0 Å². The number of nitrogens with zero attached hydrogens (tertiary/aromatic N) is 3. The quantitative estimate of drug-likeness (QED) is 0.707. The zero-order valence-electron chi connectivity index (χ0n) is 13.2. The molecule has 0 radical (unpaired) electrons. The van der Waals surface area contributed by atoms with Crippen molar-refractivity contribution in [3.8, 4) is 11.4 Å². The van der Waals surface area contributed by atoms with Crippen LogP contribution >= 0.6 is 11.6 Å². The fourth-order valence-corrected chi connectivity index (χ4v) is 3.54. The van der Waals surface area contributed by atoms with Gasteiger partial charge in [-0.1, -0.05) is 65.3 Å². The molecular formula is C19H18ClN3O. The Labute approximate surface area is 146 Å². The molecule has 1 fully saturated rings. The van der Waals surface area contributed by atoms with Gasteiger partial charge < -0.3 is 4.52 Å².